The summed E-state index contributed by atoms with van der Waals surface area (Å²) in [6.07, 6.45) is -1.42. The Labute approximate surface area is 107 Å². The number of likely N-dealkylation sites (tertiary alicyclic amines) is 1. The Morgan fingerprint density at radius 1 is 0.947 bits per heavy atom. The van der Waals surface area contributed by atoms with Crippen molar-refractivity contribution < 1.29 is 26.7 Å². The second-order valence-electron chi connectivity index (χ2n) is 5.32. The molecular formula is C12H16F5NO. The Hall–Kier alpha value is -0.880. The van der Waals surface area contributed by atoms with Gasteiger partial charge in [0.1, 0.15) is 0 Å². The van der Waals surface area contributed by atoms with Gasteiger partial charge >= 0.3 is 18.0 Å². The van der Waals surface area contributed by atoms with Crippen LogP contribution in [0.5, 0.6) is 0 Å². The van der Waals surface area contributed by atoms with Crippen LogP contribution >= 0.6 is 0 Å². The number of alkyl halides is 5. The summed E-state index contributed by atoms with van der Waals surface area (Å²) < 4.78 is 63.1. The van der Waals surface area contributed by atoms with E-state index in [1.165, 1.54) is 0 Å². The number of amides is 1. The van der Waals surface area contributed by atoms with Crippen LogP contribution in [0.25, 0.3) is 0 Å². The van der Waals surface area contributed by atoms with E-state index in [0.29, 0.717) is 12.8 Å². The molecule has 1 heterocycles. The van der Waals surface area contributed by atoms with E-state index in [1.54, 1.807) is 0 Å². The summed E-state index contributed by atoms with van der Waals surface area (Å²) in [4.78, 5) is 12.4. The van der Waals surface area contributed by atoms with Crippen molar-refractivity contribution in [2.45, 2.75) is 56.7 Å². The molecule has 0 aromatic carbocycles. The van der Waals surface area contributed by atoms with Crippen molar-refractivity contribution in [3.63, 3.8) is 0 Å². The average Bonchev–Trinajstić information content (AvgIpc) is 2.36. The van der Waals surface area contributed by atoms with Crippen LogP contribution in [0.1, 0.15) is 38.5 Å². The molecule has 0 radical (unpaired) electrons. The minimum absolute atomic E-state index is 0.00562. The van der Waals surface area contributed by atoms with Gasteiger partial charge in [0, 0.05) is 12.6 Å². The van der Waals surface area contributed by atoms with Crippen LogP contribution in [0.2, 0.25) is 0 Å². The molecule has 2 atom stereocenters. The average molecular weight is 285 g/mol. The molecule has 0 aromatic rings. The first-order valence-corrected chi connectivity index (χ1v) is 6.51. The van der Waals surface area contributed by atoms with Gasteiger partial charge in [-0.05, 0) is 31.6 Å². The molecule has 7 heteroatoms. The van der Waals surface area contributed by atoms with Gasteiger partial charge in [-0.3, -0.25) is 4.79 Å². The normalized spacial score (nSPS) is 29.0. The standard InChI is InChI=1S/C12H16F5NO/c13-11(14,12(15,16)17)10(19)18-7-3-5-8-4-1-2-6-9(8)18/h8-9H,1-7H2. The summed E-state index contributed by atoms with van der Waals surface area (Å²) in [5.74, 6) is -7.26. The minimum atomic E-state index is -5.81. The third-order valence-electron chi connectivity index (χ3n) is 4.13. The zero-order valence-corrected chi connectivity index (χ0v) is 10.3. The maximum atomic E-state index is 13.2. The first-order valence-electron chi connectivity index (χ1n) is 6.51. The zero-order chi connectivity index (χ0) is 14.3. The number of nitrogens with zero attached hydrogens (tertiary/aromatic N) is 1. The highest BCUT2D eigenvalue weighted by molar-refractivity contribution is 5.84. The molecule has 1 aliphatic heterocycles. The highest BCUT2D eigenvalue weighted by atomic mass is 19.4. The summed E-state index contributed by atoms with van der Waals surface area (Å²) in [6, 6.07) is -0.441. The SMILES string of the molecule is O=C(N1CCCC2CCCCC21)C(F)(F)C(F)(F)F. The van der Waals surface area contributed by atoms with Gasteiger partial charge in [0.15, 0.2) is 0 Å². The van der Waals surface area contributed by atoms with Crippen molar-refractivity contribution >= 4 is 5.91 Å². The Balaban J connectivity index is 2.18. The zero-order valence-electron chi connectivity index (χ0n) is 10.3. The van der Waals surface area contributed by atoms with Crippen molar-refractivity contribution in [1.82, 2.24) is 4.90 Å². The summed E-state index contributed by atoms with van der Waals surface area (Å²) in [5, 5.41) is 0. The van der Waals surface area contributed by atoms with E-state index in [1.807, 2.05) is 0 Å². The molecule has 2 fully saturated rings. The lowest BCUT2D eigenvalue weighted by molar-refractivity contribution is -0.276. The third kappa shape index (κ3) is 2.56. The summed E-state index contributed by atoms with van der Waals surface area (Å²) in [5.41, 5.74) is 0. The maximum absolute atomic E-state index is 13.2. The van der Waals surface area contributed by atoms with Gasteiger partial charge in [0.05, 0.1) is 0 Å². The van der Waals surface area contributed by atoms with Crippen molar-refractivity contribution in [1.29, 1.82) is 0 Å². The van der Waals surface area contributed by atoms with Crippen LogP contribution < -0.4 is 0 Å². The molecule has 1 saturated heterocycles. The number of halogens is 5. The number of hydrogen-bond donors (Lipinski definition) is 0. The fraction of sp³-hybridized carbons (Fsp3) is 0.917. The molecule has 2 aliphatic rings. The predicted molar refractivity (Wildman–Crippen MR) is 57.7 cm³/mol. The van der Waals surface area contributed by atoms with Crippen molar-refractivity contribution in [3.05, 3.63) is 0 Å². The maximum Gasteiger partial charge on any atom is 0.463 e. The van der Waals surface area contributed by atoms with E-state index in [2.05, 4.69) is 0 Å². The summed E-state index contributed by atoms with van der Waals surface area (Å²) >= 11 is 0. The molecule has 0 spiro atoms. The Morgan fingerprint density at radius 3 is 2.16 bits per heavy atom. The van der Waals surface area contributed by atoms with E-state index in [9.17, 15) is 26.7 Å². The first-order chi connectivity index (χ1) is 8.75. The number of piperidine rings is 1. The van der Waals surface area contributed by atoms with E-state index in [0.717, 1.165) is 30.6 Å². The van der Waals surface area contributed by atoms with E-state index < -0.39 is 24.0 Å². The predicted octanol–water partition coefficient (Wildman–Crippen LogP) is 3.37. The molecule has 110 valence electrons. The van der Waals surface area contributed by atoms with Crippen molar-refractivity contribution in [2.75, 3.05) is 6.54 Å². The van der Waals surface area contributed by atoms with Gasteiger partial charge < -0.3 is 4.90 Å². The fourth-order valence-corrected chi connectivity index (χ4v) is 3.18. The second-order valence-corrected chi connectivity index (χ2v) is 5.32. The largest absolute Gasteiger partial charge is 0.463 e. The number of carbonyl (C=O) groups is 1. The minimum Gasteiger partial charge on any atom is -0.334 e. The van der Waals surface area contributed by atoms with Crippen LogP contribution in [-0.2, 0) is 4.79 Å². The smallest absolute Gasteiger partial charge is 0.334 e. The van der Waals surface area contributed by atoms with Gasteiger partial charge in [-0.25, -0.2) is 0 Å². The summed E-state index contributed by atoms with van der Waals surface area (Å²) in [7, 11) is 0. The third-order valence-corrected chi connectivity index (χ3v) is 4.13. The molecule has 2 unspecified atom stereocenters. The molecule has 1 saturated carbocycles. The van der Waals surface area contributed by atoms with Crippen LogP contribution in [0, 0.1) is 5.92 Å². The first kappa shape index (κ1) is 14.5. The number of carbonyl (C=O) groups excluding carboxylic acids is 1. The van der Waals surface area contributed by atoms with Gasteiger partial charge in [0.25, 0.3) is 0 Å². The molecule has 0 N–H and O–H groups in total. The highest BCUT2D eigenvalue weighted by Crippen LogP contribution is 2.41. The Bertz CT molecular complexity index is 353. The van der Waals surface area contributed by atoms with Crippen LogP contribution in [0.4, 0.5) is 22.0 Å². The molecule has 1 amide bonds. The van der Waals surface area contributed by atoms with Crippen molar-refractivity contribution in [2.24, 2.45) is 5.92 Å². The second kappa shape index (κ2) is 4.90. The molecule has 19 heavy (non-hydrogen) atoms. The van der Waals surface area contributed by atoms with Crippen LogP contribution in [-0.4, -0.2) is 35.5 Å². The van der Waals surface area contributed by atoms with Crippen LogP contribution in [0.3, 0.4) is 0 Å². The number of hydrogen-bond acceptors (Lipinski definition) is 1. The topological polar surface area (TPSA) is 20.3 Å². The number of rotatable bonds is 1. The Kier molecular flexibility index (Phi) is 3.75. The van der Waals surface area contributed by atoms with E-state index >= 15 is 0 Å². The van der Waals surface area contributed by atoms with Crippen molar-refractivity contribution in [3.8, 4) is 0 Å². The lowest BCUT2D eigenvalue weighted by Gasteiger charge is -2.45. The van der Waals surface area contributed by atoms with Crippen LogP contribution in [0.15, 0.2) is 0 Å². The molecule has 0 bridgehead atoms. The Morgan fingerprint density at radius 2 is 1.53 bits per heavy atom. The highest BCUT2D eigenvalue weighted by Gasteiger charge is 2.65. The molecule has 2 rings (SSSR count). The van der Waals surface area contributed by atoms with E-state index in [4.69, 9.17) is 0 Å². The lowest BCUT2D eigenvalue weighted by Crippen LogP contribution is -2.58. The van der Waals surface area contributed by atoms with E-state index in [-0.39, 0.29) is 12.5 Å². The fourth-order valence-electron chi connectivity index (χ4n) is 3.18. The van der Waals surface area contributed by atoms with Gasteiger partial charge in [0.2, 0.25) is 0 Å². The molecular weight excluding hydrogens is 269 g/mol. The lowest BCUT2D eigenvalue weighted by atomic mass is 9.78. The van der Waals surface area contributed by atoms with Gasteiger partial charge in [-0.15, -0.1) is 0 Å². The molecule has 1 aliphatic carbocycles. The number of fused-ring (bicyclic) bond motifs is 1. The molecule has 2 nitrogen and oxygen atoms in total. The van der Waals surface area contributed by atoms with Gasteiger partial charge in [-0.1, -0.05) is 12.8 Å². The quantitative estimate of drug-likeness (QED) is 0.676. The monoisotopic (exact) mass is 285 g/mol. The molecule has 0 aromatic heterocycles. The van der Waals surface area contributed by atoms with Gasteiger partial charge in [-0.2, -0.15) is 22.0 Å². The summed E-state index contributed by atoms with van der Waals surface area (Å²) in [6.45, 7) is 0.00562.